The maximum absolute atomic E-state index is 12.9. The number of allylic oxidation sites excluding steroid dienone is 14. The van der Waals surface area contributed by atoms with Crippen LogP contribution in [0.15, 0.2) is 85.1 Å². The highest BCUT2D eigenvalue weighted by Gasteiger charge is 2.48. The van der Waals surface area contributed by atoms with Crippen molar-refractivity contribution in [1.29, 1.82) is 0 Å². The lowest BCUT2D eigenvalue weighted by atomic mass is 9.99. The van der Waals surface area contributed by atoms with E-state index in [1.807, 2.05) is 0 Å². The Bertz CT molecular complexity index is 1540. The molecule has 0 saturated carbocycles. The molecule has 0 aliphatic carbocycles. The molecule has 13 heteroatoms. The second-order valence-electron chi connectivity index (χ2n) is 18.4. The van der Waals surface area contributed by atoms with Crippen molar-refractivity contribution in [3.8, 4) is 0 Å². The number of hydrogen-bond acceptors (Lipinski definition) is 11. The lowest BCUT2D eigenvalue weighted by Crippen LogP contribution is -2.60. The van der Waals surface area contributed by atoms with Crippen molar-refractivity contribution in [3.05, 3.63) is 85.1 Å². The Morgan fingerprint density at radius 2 is 0.986 bits per heavy atom. The topological polar surface area (TPSA) is 178 Å². The predicted molar refractivity (Wildman–Crippen MR) is 285 cm³/mol. The number of aliphatic hydroxyl groups is 3. The molecule has 0 aromatic heterocycles. The van der Waals surface area contributed by atoms with Gasteiger partial charge in [0.1, 0.15) is 30.5 Å². The molecular formula is C57H98O12S. The molecule has 70 heavy (non-hydrogen) atoms. The van der Waals surface area contributed by atoms with Gasteiger partial charge in [0.05, 0.1) is 19.8 Å². The van der Waals surface area contributed by atoms with E-state index in [2.05, 4.69) is 103 Å². The zero-order chi connectivity index (χ0) is 51.0. The SMILES string of the molecule is CC/C=C\C/C=C\C/C=C\C/C=C\CCCCCCCCCCCCC(=O)OC(COCCCCCCCCC/C=C\C/C=C\C/C=C\CCCCC)COC1OC(CO)C(O)C(OS(=O)(=O)O)C1O. The fourth-order valence-electron chi connectivity index (χ4n) is 7.91. The van der Waals surface area contributed by atoms with E-state index in [1.165, 1.54) is 83.5 Å². The van der Waals surface area contributed by atoms with Crippen LogP contribution in [0.5, 0.6) is 0 Å². The summed E-state index contributed by atoms with van der Waals surface area (Å²) in [6.45, 7) is 3.83. The largest absolute Gasteiger partial charge is 0.457 e. The number of hydrogen-bond donors (Lipinski definition) is 4. The van der Waals surface area contributed by atoms with E-state index in [4.69, 9.17) is 18.9 Å². The van der Waals surface area contributed by atoms with Gasteiger partial charge in [-0.05, 0) is 89.9 Å². The minimum atomic E-state index is -5.07. The average Bonchev–Trinajstić information content (AvgIpc) is 3.34. The van der Waals surface area contributed by atoms with Gasteiger partial charge < -0.3 is 34.3 Å². The molecular weight excluding hydrogens is 909 g/mol. The quantitative estimate of drug-likeness (QED) is 0.0197. The first-order valence-electron chi connectivity index (χ1n) is 27.3. The third kappa shape index (κ3) is 39.8. The van der Waals surface area contributed by atoms with Crippen LogP contribution in [0.2, 0.25) is 0 Å². The van der Waals surface area contributed by atoms with Crippen LogP contribution in [0.4, 0.5) is 0 Å². The summed E-state index contributed by atoms with van der Waals surface area (Å²) in [5.74, 6) is -0.410. The molecule has 1 aliphatic heterocycles. The van der Waals surface area contributed by atoms with Crippen LogP contribution in [0.3, 0.4) is 0 Å². The minimum absolute atomic E-state index is 0.0233. The Labute approximate surface area is 425 Å². The molecule has 0 aromatic carbocycles. The normalized spacial score (nSPS) is 19.8. The Balaban J connectivity index is 2.35. The number of carbonyl (C=O) groups is 1. The van der Waals surface area contributed by atoms with Crippen LogP contribution in [0.1, 0.15) is 206 Å². The summed E-state index contributed by atoms with van der Waals surface area (Å²) in [5, 5.41) is 30.8. The molecule has 4 N–H and O–H groups in total. The summed E-state index contributed by atoms with van der Waals surface area (Å²) in [4.78, 5) is 12.9. The van der Waals surface area contributed by atoms with Crippen molar-refractivity contribution in [2.45, 2.75) is 243 Å². The Morgan fingerprint density at radius 1 is 0.557 bits per heavy atom. The second-order valence-corrected chi connectivity index (χ2v) is 19.5. The van der Waals surface area contributed by atoms with Crippen molar-refractivity contribution in [2.24, 2.45) is 0 Å². The Kier molecular flexibility index (Phi) is 44.1. The number of ether oxygens (including phenoxy) is 4. The van der Waals surface area contributed by atoms with Gasteiger partial charge in [0, 0.05) is 13.0 Å². The molecule has 6 atom stereocenters. The van der Waals surface area contributed by atoms with Gasteiger partial charge >= 0.3 is 16.4 Å². The lowest BCUT2D eigenvalue weighted by molar-refractivity contribution is -0.301. The Morgan fingerprint density at radius 3 is 1.44 bits per heavy atom. The molecule has 0 radical (unpaired) electrons. The summed E-state index contributed by atoms with van der Waals surface area (Å²) in [6.07, 6.45) is 54.6. The van der Waals surface area contributed by atoms with Crippen molar-refractivity contribution in [1.82, 2.24) is 0 Å². The van der Waals surface area contributed by atoms with E-state index in [1.54, 1.807) is 0 Å². The molecule has 0 amide bonds. The van der Waals surface area contributed by atoms with E-state index in [9.17, 15) is 33.1 Å². The first kappa shape index (κ1) is 65.3. The fraction of sp³-hybridized carbons (Fsp3) is 0.737. The van der Waals surface area contributed by atoms with Gasteiger partial charge in [0.25, 0.3) is 0 Å². The molecule has 1 aliphatic rings. The first-order valence-corrected chi connectivity index (χ1v) is 28.7. The van der Waals surface area contributed by atoms with E-state index in [0.717, 1.165) is 96.3 Å². The van der Waals surface area contributed by atoms with Gasteiger partial charge in [0.15, 0.2) is 6.29 Å². The van der Waals surface area contributed by atoms with E-state index in [0.29, 0.717) is 13.0 Å². The summed E-state index contributed by atoms with van der Waals surface area (Å²) in [7, 11) is -5.07. The van der Waals surface area contributed by atoms with Crippen molar-refractivity contribution in [2.75, 3.05) is 26.4 Å². The number of carbonyl (C=O) groups excluding carboxylic acids is 1. The van der Waals surface area contributed by atoms with Gasteiger partial charge in [-0.1, -0.05) is 195 Å². The molecule has 0 spiro atoms. The molecule has 0 bridgehead atoms. The van der Waals surface area contributed by atoms with Crippen LogP contribution < -0.4 is 0 Å². The summed E-state index contributed by atoms with van der Waals surface area (Å²) >= 11 is 0. The molecule has 0 aromatic rings. The molecule has 1 saturated heterocycles. The zero-order valence-corrected chi connectivity index (χ0v) is 44.4. The highest BCUT2D eigenvalue weighted by atomic mass is 32.3. The molecule has 12 nitrogen and oxygen atoms in total. The van der Waals surface area contributed by atoms with Crippen molar-refractivity contribution < 1.29 is 56.2 Å². The first-order chi connectivity index (χ1) is 34.1. The number of esters is 1. The third-order valence-corrected chi connectivity index (χ3v) is 12.5. The van der Waals surface area contributed by atoms with Crippen LogP contribution in [0, 0.1) is 0 Å². The highest BCUT2D eigenvalue weighted by molar-refractivity contribution is 7.80. The molecule has 6 unspecified atom stereocenters. The fourth-order valence-corrected chi connectivity index (χ4v) is 8.41. The predicted octanol–water partition coefficient (Wildman–Crippen LogP) is 13.2. The maximum Gasteiger partial charge on any atom is 0.397 e. The van der Waals surface area contributed by atoms with E-state index in [-0.39, 0.29) is 19.6 Å². The van der Waals surface area contributed by atoms with Crippen LogP contribution in [0.25, 0.3) is 0 Å². The van der Waals surface area contributed by atoms with Gasteiger partial charge in [0.2, 0.25) is 0 Å². The second kappa shape index (κ2) is 47.3. The van der Waals surface area contributed by atoms with E-state index < -0.39 is 59.8 Å². The Hall–Kier alpha value is -2.72. The van der Waals surface area contributed by atoms with Gasteiger partial charge in [-0.2, -0.15) is 8.42 Å². The van der Waals surface area contributed by atoms with Gasteiger partial charge in [-0.3, -0.25) is 9.35 Å². The lowest BCUT2D eigenvalue weighted by Gasteiger charge is -2.41. The standard InChI is InChI=1S/C57H98O12S/c1-3-5-7-9-11-13-15-17-19-21-23-25-26-27-28-30-32-34-36-38-40-42-44-46-53(59)67-51(50-66-57-55(61)56(69-70(62,63)64)54(60)52(48-58)68-57)49-65-47-45-43-41-39-37-35-33-31-29-24-22-20-18-16-14-12-10-8-6-4-2/h5,7,11-14,17-20,23-25,29,51-52,54-58,60-61H,3-4,6,8-10,15-16,21-22,26-28,30-50H2,1-2H3,(H,62,63,64)/b7-5-,13-11-,14-12-,19-17-,20-18-,25-23-,29-24-. The zero-order valence-electron chi connectivity index (χ0n) is 43.6. The smallest absolute Gasteiger partial charge is 0.397 e. The summed E-state index contributed by atoms with van der Waals surface area (Å²) in [6, 6.07) is 0. The number of unbranched alkanes of at least 4 members (excludes halogenated alkanes) is 20. The van der Waals surface area contributed by atoms with Gasteiger partial charge in [-0.15, -0.1) is 0 Å². The van der Waals surface area contributed by atoms with Crippen LogP contribution in [-0.4, -0.2) is 97.5 Å². The average molecular weight is 1010 g/mol. The molecule has 1 rings (SSSR count). The molecule has 404 valence electrons. The van der Waals surface area contributed by atoms with Crippen molar-refractivity contribution in [3.63, 3.8) is 0 Å². The van der Waals surface area contributed by atoms with E-state index >= 15 is 0 Å². The molecule has 1 heterocycles. The van der Waals surface area contributed by atoms with Crippen LogP contribution in [-0.2, 0) is 38.3 Å². The minimum Gasteiger partial charge on any atom is -0.457 e. The number of rotatable bonds is 47. The number of aliphatic hydroxyl groups excluding tert-OH is 3. The van der Waals surface area contributed by atoms with Crippen LogP contribution >= 0.6 is 0 Å². The molecule has 1 fully saturated rings. The highest BCUT2D eigenvalue weighted by Crippen LogP contribution is 2.26. The maximum atomic E-state index is 12.9. The monoisotopic (exact) mass is 1010 g/mol. The summed E-state index contributed by atoms with van der Waals surface area (Å²) in [5.41, 5.74) is 0. The van der Waals surface area contributed by atoms with Crippen molar-refractivity contribution >= 4 is 16.4 Å². The van der Waals surface area contributed by atoms with Gasteiger partial charge in [-0.25, -0.2) is 4.18 Å². The third-order valence-electron chi connectivity index (χ3n) is 12.0. The summed E-state index contributed by atoms with van der Waals surface area (Å²) < 4.78 is 59.4.